The molecule has 0 bridgehead atoms. The number of hydrogen-bond donors (Lipinski definition) is 3. The second-order valence-electron chi connectivity index (χ2n) is 6.44. The van der Waals surface area contributed by atoms with Gasteiger partial charge in [-0.2, -0.15) is 5.10 Å². The van der Waals surface area contributed by atoms with Crippen LogP contribution in [0.15, 0.2) is 21.5 Å². The van der Waals surface area contributed by atoms with Gasteiger partial charge >= 0.3 is 5.69 Å². The first-order valence-corrected chi connectivity index (χ1v) is 8.23. The Kier molecular flexibility index (Phi) is 3.58. The van der Waals surface area contributed by atoms with Crippen LogP contribution >= 0.6 is 0 Å². The highest BCUT2D eigenvalue weighted by Crippen LogP contribution is 2.37. The molecule has 134 valence electrons. The molecule has 0 unspecified atom stereocenters. The van der Waals surface area contributed by atoms with Crippen LogP contribution in [-0.4, -0.2) is 30.0 Å². The molecule has 0 saturated heterocycles. The van der Waals surface area contributed by atoms with Crippen LogP contribution in [0.3, 0.4) is 0 Å². The van der Waals surface area contributed by atoms with Crippen molar-refractivity contribution in [3.05, 3.63) is 45.5 Å². The first kappa shape index (κ1) is 16.3. The number of fused-ring (bicyclic) bond motifs is 1. The van der Waals surface area contributed by atoms with Crippen molar-refractivity contribution in [2.45, 2.75) is 27.4 Å². The molecule has 3 N–H and O–H groups in total. The Morgan fingerprint density at radius 3 is 2.62 bits per heavy atom. The number of aliphatic hydroxyl groups excluding tert-OH is 1. The lowest BCUT2D eigenvalue weighted by Crippen LogP contribution is -2.12. The summed E-state index contributed by atoms with van der Waals surface area (Å²) >= 11 is 0. The molecule has 0 saturated carbocycles. The minimum atomic E-state index is -0.251. The van der Waals surface area contributed by atoms with E-state index in [2.05, 4.69) is 20.3 Å². The lowest BCUT2D eigenvalue weighted by Gasteiger charge is -2.10. The molecule has 8 heteroatoms. The summed E-state index contributed by atoms with van der Waals surface area (Å²) in [5.41, 5.74) is 7.13. The molecule has 0 amide bonds. The molecule has 3 heterocycles. The van der Waals surface area contributed by atoms with Crippen molar-refractivity contribution < 1.29 is 9.63 Å². The number of aromatic nitrogens is 5. The van der Waals surface area contributed by atoms with E-state index in [0.29, 0.717) is 17.0 Å². The second kappa shape index (κ2) is 5.70. The van der Waals surface area contributed by atoms with Crippen molar-refractivity contribution in [1.29, 1.82) is 0 Å². The summed E-state index contributed by atoms with van der Waals surface area (Å²) in [6.45, 7) is 5.44. The van der Waals surface area contributed by atoms with Crippen LogP contribution in [0.1, 0.15) is 22.8 Å². The van der Waals surface area contributed by atoms with Gasteiger partial charge in [0.2, 0.25) is 0 Å². The van der Waals surface area contributed by atoms with Gasteiger partial charge in [-0.15, -0.1) is 0 Å². The molecule has 4 aromatic rings. The smallest absolute Gasteiger partial charge is 0.326 e. The summed E-state index contributed by atoms with van der Waals surface area (Å²) in [5.74, 6) is 0.395. The van der Waals surface area contributed by atoms with Crippen LogP contribution in [0.5, 0.6) is 0 Å². The average Bonchev–Trinajstić information content (AvgIpc) is 3.23. The Morgan fingerprint density at radius 1 is 1.19 bits per heavy atom. The quantitative estimate of drug-likeness (QED) is 0.523. The van der Waals surface area contributed by atoms with Gasteiger partial charge in [0.15, 0.2) is 5.76 Å². The molecule has 0 atom stereocenters. The maximum atomic E-state index is 12.2. The number of nitrogens with zero attached hydrogens (tertiary/aromatic N) is 3. The molecule has 26 heavy (non-hydrogen) atoms. The van der Waals surface area contributed by atoms with Crippen LogP contribution in [0.2, 0.25) is 0 Å². The maximum Gasteiger partial charge on any atom is 0.326 e. The zero-order valence-corrected chi connectivity index (χ0v) is 15.0. The number of hydrogen-bond acceptors (Lipinski definition) is 5. The fourth-order valence-electron chi connectivity index (χ4n) is 3.57. The molecule has 0 spiro atoms. The van der Waals surface area contributed by atoms with Crippen LogP contribution in [0.4, 0.5) is 0 Å². The molecular weight excluding hydrogens is 334 g/mol. The third-order valence-electron chi connectivity index (χ3n) is 4.75. The maximum absolute atomic E-state index is 12.2. The van der Waals surface area contributed by atoms with Gasteiger partial charge in [-0.3, -0.25) is 9.67 Å². The number of rotatable bonds is 3. The van der Waals surface area contributed by atoms with Gasteiger partial charge in [-0.1, -0.05) is 5.16 Å². The summed E-state index contributed by atoms with van der Waals surface area (Å²) in [5, 5.41) is 20.8. The predicted molar refractivity (Wildman–Crippen MR) is 96.8 cm³/mol. The summed E-state index contributed by atoms with van der Waals surface area (Å²) < 4.78 is 6.81. The molecule has 0 aliphatic rings. The summed E-state index contributed by atoms with van der Waals surface area (Å²) in [4.78, 5) is 15.1. The van der Waals surface area contributed by atoms with Gasteiger partial charge in [0, 0.05) is 23.9 Å². The largest absolute Gasteiger partial charge is 0.388 e. The fourth-order valence-corrected chi connectivity index (χ4v) is 3.57. The van der Waals surface area contributed by atoms with Gasteiger partial charge in [0.25, 0.3) is 0 Å². The highest BCUT2D eigenvalue weighted by molar-refractivity contribution is 5.97. The Bertz CT molecular complexity index is 1170. The SMILES string of the molecule is Cc1n[nH]c(C)c1-c1cc(-c2c(C)noc2CO)cc2[nH]c(=O)n(C)c12. The van der Waals surface area contributed by atoms with Gasteiger partial charge in [-0.25, -0.2) is 4.79 Å². The zero-order chi connectivity index (χ0) is 18.6. The number of aliphatic hydroxyl groups is 1. The lowest BCUT2D eigenvalue weighted by atomic mass is 9.95. The zero-order valence-electron chi connectivity index (χ0n) is 15.0. The first-order valence-electron chi connectivity index (χ1n) is 8.23. The molecule has 0 aliphatic heterocycles. The van der Waals surface area contributed by atoms with E-state index in [0.717, 1.165) is 39.2 Å². The van der Waals surface area contributed by atoms with Crippen molar-refractivity contribution >= 4 is 11.0 Å². The van der Waals surface area contributed by atoms with Gasteiger partial charge in [0.05, 0.1) is 28.0 Å². The van der Waals surface area contributed by atoms with Gasteiger partial charge in [0.1, 0.15) is 6.61 Å². The van der Waals surface area contributed by atoms with Crippen LogP contribution in [0.25, 0.3) is 33.3 Å². The van der Waals surface area contributed by atoms with E-state index in [1.165, 1.54) is 0 Å². The van der Waals surface area contributed by atoms with E-state index in [9.17, 15) is 9.90 Å². The first-order chi connectivity index (χ1) is 12.4. The Balaban J connectivity index is 2.13. The number of H-pyrrole nitrogens is 2. The standard InChI is InChI=1S/C18H19N5O3/c1-8-15(9(2)21-20-8)12-5-11(16-10(3)22-26-14(16)7-24)6-13-17(12)23(4)18(25)19-13/h5-6,24H,7H2,1-4H3,(H,19,25)(H,20,21). The highest BCUT2D eigenvalue weighted by atomic mass is 16.5. The summed E-state index contributed by atoms with van der Waals surface area (Å²) in [6, 6.07) is 3.86. The Labute approximate surface area is 148 Å². The van der Waals surface area contributed by atoms with Crippen LogP contribution in [0, 0.1) is 20.8 Å². The Morgan fingerprint density at radius 2 is 1.96 bits per heavy atom. The van der Waals surface area contributed by atoms with E-state index in [1.807, 2.05) is 32.9 Å². The highest BCUT2D eigenvalue weighted by Gasteiger charge is 2.21. The van der Waals surface area contributed by atoms with Crippen LogP contribution in [-0.2, 0) is 13.7 Å². The third kappa shape index (κ3) is 2.22. The lowest BCUT2D eigenvalue weighted by molar-refractivity contribution is 0.229. The summed E-state index contributed by atoms with van der Waals surface area (Å²) in [6.07, 6.45) is 0. The van der Waals surface area contributed by atoms with Crippen molar-refractivity contribution in [2.24, 2.45) is 7.05 Å². The average molecular weight is 353 g/mol. The minimum Gasteiger partial charge on any atom is -0.388 e. The number of aromatic amines is 2. The number of nitrogens with one attached hydrogen (secondary N) is 2. The van der Waals surface area contributed by atoms with Crippen molar-refractivity contribution in [1.82, 2.24) is 24.9 Å². The number of benzene rings is 1. The monoisotopic (exact) mass is 353 g/mol. The molecular formula is C18H19N5O3. The molecule has 0 aliphatic carbocycles. The van der Waals surface area contributed by atoms with Gasteiger partial charge < -0.3 is 14.6 Å². The molecule has 8 nitrogen and oxygen atoms in total. The second-order valence-corrected chi connectivity index (χ2v) is 6.44. The molecule has 0 radical (unpaired) electrons. The van der Waals surface area contributed by atoms with E-state index in [4.69, 9.17) is 4.52 Å². The predicted octanol–water partition coefficient (Wildman–Crippen LogP) is 2.33. The molecule has 4 rings (SSSR count). The van der Waals surface area contributed by atoms with Gasteiger partial charge in [-0.05, 0) is 38.5 Å². The Hall–Kier alpha value is -3.13. The summed E-state index contributed by atoms with van der Waals surface area (Å²) in [7, 11) is 1.74. The van der Waals surface area contributed by atoms with E-state index in [-0.39, 0.29) is 12.3 Å². The van der Waals surface area contributed by atoms with E-state index >= 15 is 0 Å². The molecule has 1 aromatic carbocycles. The van der Waals surface area contributed by atoms with Crippen LogP contribution < -0.4 is 5.69 Å². The van der Waals surface area contributed by atoms with E-state index < -0.39 is 0 Å². The molecule has 0 fully saturated rings. The third-order valence-corrected chi connectivity index (χ3v) is 4.75. The number of aryl methyl sites for hydroxylation is 4. The normalized spacial score (nSPS) is 11.6. The molecule has 3 aromatic heterocycles. The topological polar surface area (TPSA) is 113 Å². The van der Waals surface area contributed by atoms with Crippen molar-refractivity contribution in [3.63, 3.8) is 0 Å². The number of imidazole rings is 1. The minimum absolute atomic E-state index is 0.193. The fraction of sp³-hybridized carbons (Fsp3) is 0.278. The van der Waals surface area contributed by atoms with Crippen molar-refractivity contribution in [2.75, 3.05) is 0 Å². The van der Waals surface area contributed by atoms with Crippen molar-refractivity contribution in [3.8, 4) is 22.3 Å². The van der Waals surface area contributed by atoms with E-state index in [1.54, 1.807) is 11.6 Å².